The van der Waals surface area contributed by atoms with Crippen molar-refractivity contribution in [2.45, 2.75) is 6.42 Å². The van der Waals surface area contributed by atoms with Gasteiger partial charge in [0, 0.05) is 11.8 Å². The number of anilines is 1. The Labute approximate surface area is 134 Å². The average Bonchev–Trinajstić information content (AvgIpc) is 2.56. The number of amides is 2. The second-order valence-electron chi connectivity index (χ2n) is 4.66. The number of nitrogens with one attached hydrogen (secondary N) is 2. The zero-order valence-electron chi connectivity index (χ0n) is 12.7. The Balaban J connectivity index is 1.80. The molecule has 2 aromatic rings. The van der Waals surface area contributed by atoms with Crippen LogP contribution in [-0.2, 0) is 9.59 Å². The van der Waals surface area contributed by atoms with Gasteiger partial charge in [-0.05, 0) is 17.7 Å². The summed E-state index contributed by atoms with van der Waals surface area (Å²) in [5.41, 5.74) is 3.74. The summed E-state index contributed by atoms with van der Waals surface area (Å²) >= 11 is 0. The van der Waals surface area contributed by atoms with Crippen molar-refractivity contribution < 1.29 is 14.3 Å². The van der Waals surface area contributed by atoms with Gasteiger partial charge in [0.1, 0.15) is 12.2 Å². The van der Waals surface area contributed by atoms with Gasteiger partial charge in [-0.2, -0.15) is 5.10 Å². The second kappa shape index (κ2) is 8.33. The lowest BCUT2D eigenvalue weighted by Crippen LogP contribution is -2.24. The Morgan fingerprint density at radius 3 is 2.61 bits per heavy atom. The minimum absolute atomic E-state index is 0.316. The average molecular weight is 311 g/mol. The smallest absolute Gasteiger partial charge is 0.249 e. The summed E-state index contributed by atoms with van der Waals surface area (Å²) in [5, 5.41) is 6.43. The zero-order chi connectivity index (χ0) is 16.5. The van der Waals surface area contributed by atoms with E-state index >= 15 is 0 Å². The summed E-state index contributed by atoms with van der Waals surface area (Å²) in [7, 11) is 1.54. The lowest BCUT2D eigenvalue weighted by atomic mass is 10.2. The van der Waals surface area contributed by atoms with Crippen molar-refractivity contribution in [3.63, 3.8) is 0 Å². The standard InChI is InChI=1S/C17H17N3O3/c1-23-15-9-5-8-14(10-15)19-16(21)11-17(22)20-18-12-13-6-3-2-4-7-13/h2-10,12H,11H2,1H3,(H,19,21)(H,20,22). The van der Waals surface area contributed by atoms with Crippen LogP contribution < -0.4 is 15.5 Å². The molecule has 0 unspecified atom stereocenters. The van der Waals surface area contributed by atoms with Crippen LogP contribution in [0.4, 0.5) is 5.69 Å². The molecule has 2 N–H and O–H groups in total. The molecule has 0 aliphatic carbocycles. The molecule has 2 aromatic carbocycles. The second-order valence-corrected chi connectivity index (χ2v) is 4.66. The fraction of sp³-hybridized carbons (Fsp3) is 0.118. The minimum atomic E-state index is -0.488. The lowest BCUT2D eigenvalue weighted by molar-refractivity contribution is -0.126. The molecule has 0 atom stereocenters. The van der Waals surface area contributed by atoms with Gasteiger partial charge in [-0.3, -0.25) is 9.59 Å². The number of hydrogen-bond acceptors (Lipinski definition) is 4. The first-order chi connectivity index (χ1) is 11.2. The highest BCUT2D eigenvalue weighted by atomic mass is 16.5. The Morgan fingerprint density at radius 1 is 1.09 bits per heavy atom. The fourth-order valence-electron chi connectivity index (χ4n) is 1.81. The first kappa shape index (κ1) is 16.2. The quantitative estimate of drug-likeness (QED) is 0.487. The summed E-state index contributed by atoms with van der Waals surface area (Å²) in [5.74, 6) is -0.289. The Hall–Kier alpha value is -3.15. The molecule has 0 heterocycles. The maximum atomic E-state index is 11.8. The number of rotatable bonds is 6. The first-order valence-corrected chi connectivity index (χ1v) is 6.98. The Bertz CT molecular complexity index is 699. The number of benzene rings is 2. The third kappa shape index (κ3) is 5.62. The van der Waals surface area contributed by atoms with Gasteiger partial charge in [-0.15, -0.1) is 0 Å². The highest BCUT2D eigenvalue weighted by molar-refractivity contribution is 6.03. The van der Waals surface area contributed by atoms with Crippen LogP contribution in [0, 0.1) is 0 Å². The van der Waals surface area contributed by atoms with Crippen LogP contribution in [0.25, 0.3) is 0 Å². The molecule has 0 bridgehead atoms. The molecule has 0 aliphatic heterocycles. The van der Waals surface area contributed by atoms with E-state index in [1.54, 1.807) is 31.4 Å². The van der Waals surface area contributed by atoms with Crippen molar-refractivity contribution in [2.24, 2.45) is 5.10 Å². The van der Waals surface area contributed by atoms with Gasteiger partial charge >= 0.3 is 0 Å². The molecule has 0 saturated carbocycles. The predicted molar refractivity (Wildman–Crippen MR) is 88.4 cm³/mol. The summed E-state index contributed by atoms with van der Waals surface area (Å²) in [6.07, 6.45) is 1.20. The van der Waals surface area contributed by atoms with Gasteiger partial charge in [0.2, 0.25) is 11.8 Å². The van der Waals surface area contributed by atoms with E-state index < -0.39 is 11.8 Å². The molecule has 23 heavy (non-hydrogen) atoms. The largest absolute Gasteiger partial charge is 0.497 e. The topological polar surface area (TPSA) is 79.8 Å². The van der Waals surface area contributed by atoms with E-state index in [2.05, 4.69) is 15.8 Å². The summed E-state index contributed by atoms with van der Waals surface area (Å²) in [4.78, 5) is 23.4. The first-order valence-electron chi connectivity index (χ1n) is 6.98. The molecule has 6 heteroatoms. The highest BCUT2D eigenvalue weighted by Crippen LogP contribution is 2.16. The van der Waals surface area contributed by atoms with Crippen LogP contribution in [0.15, 0.2) is 59.7 Å². The van der Waals surface area contributed by atoms with Gasteiger partial charge in [-0.25, -0.2) is 5.43 Å². The minimum Gasteiger partial charge on any atom is -0.497 e. The zero-order valence-corrected chi connectivity index (χ0v) is 12.7. The molecule has 0 fully saturated rings. The number of hydrogen-bond donors (Lipinski definition) is 2. The van der Waals surface area contributed by atoms with E-state index in [-0.39, 0.29) is 6.42 Å². The number of hydrazone groups is 1. The van der Waals surface area contributed by atoms with E-state index in [9.17, 15) is 9.59 Å². The van der Waals surface area contributed by atoms with Gasteiger partial charge < -0.3 is 10.1 Å². The van der Waals surface area contributed by atoms with E-state index in [0.29, 0.717) is 11.4 Å². The van der Waals surface area contributed by atoms with Crippen molar-refractivity contribution in [2.75, 3.05) is 12.4 Å². The van der Waals surface area contributed by atoms with Crippen LogP contribution in [0.2, 0.25) is 0 Å². The monoisotopic (exact) mass is 311 g/mol. The number of carbonyl (C=O) groups excluding carboxylic acids is 2. The molecule has 118 valence electrons. The molecule has 2 rings (SSSR count). The Morgan fingerprint density at radius 2 is 1.87 bits per heavy atom. The molecule has 0 radical (unpaired) electrons. The Kier molecular flexibility index (Phi) is 5.88. The van der Waals surface area contributed by atoms with Crippen molar-refractivity contribution in [3.05, 3.63) is 60.2 Å². The van der Waals surface area contributed by atoms with Crippen LogP contribution >= 0.6 is 0 Å². The van der Waals surface area contributed by atoms with Crippen LogP contribution in [0.1, 0.15) is 12.0 Å². The van der Waals surface area contributed by atoms with Crippen molar-refractivity contribution in [3.8, 4) is 5.75 Å². The third-order valence-electron chi connectivity index (χ3n) is 2.88. The molecule has 0 saturated heterocycles. The molecular weight excluding hydrogens is 294 g/mol. The molecule has 6 nitrogen and oxygen atoms in total. The fourth-order valence-corrected chi connectivity index (χ4v) is 1.81. The molecular formula is C17H17N3O3. The number of ether oxygens (including phenoxy) is 1. The van der Waals surface area contributed by atoms with Crippen molar-refractivity contribution in [1.29, 1.82) is 0 Å². The number of nitrogens with zero attached hydrogens (tertiary/aromatic N) is 1. The molecule has 0 spiro atoms. The van der Waals surface area contributed by atoms with Gasteiger partial charge in [0.15, 0.2) is 0 Å². The molecule has 2 amide bonds. The van der Waals surface area contributed by atoms with Gasteiger partial charge in [0.05, 0.1) is 13.3 Å². The van der Waals surface area contributed by atoms with E-state index in [1.807, 2.05) is 30.3 Å². The van der Waals surface area contributed by atoms with E-state index in [0.717, 1.165) is 5.56 Å². The molecule has 0 aromatic heterocycles. The maximum absolute atomic E-state index is 11.8. The predicted octanol–water partition coefficient (Wildman–Crippen LogP) is 2.17. The van der Waals surface area contributed by atoms with Gasteiger partial charge in [-0.1, -0.05) is 36.4 Å². The number of carbonyl (C=O) groups is 2. The normalized spacial score (nSPS) is 10.3. The summed E-state index contributed by atoms with van der Waals surface area (Å²) in [6, 6.07) is 16.2. The van der Waals surface area contributed by atoms with Crippen LogP contribution in [0.3, 0.4) is 0 Å². The number of methoxy groups -OCH3 is 1. The SMILES string of the molecule is COc1cccc(NC(=O)CC(=O)NN=Cc2ccccc2)c1. The van der Waals surface area contributed by atoms with Crippen LogP contribution in [0.5, 0.6) is 5.75 Å². The van der Waals surface area contributed by atoms with E-state index in [1.165, 1.54) is 6.21 Å². The molecule has 0 aliphatic rings. The lowest BCUT2D eigenvalue weighted by Gasteiger charge is -2.06. The van der Waals surface area contributed by atoms with Gasteiger partial charge in [0.25, 0.3) is 0 Å². The highest BCUT2D eigenvalue weighted by Gasteiger charge is 2.09. The summed E-state index contributed by atoms with van der Waals surface area (Å²) < 4.78 is 5.06. The summed E-state index contributed by atoms with van der Waals surface area (Å²) in [6.45, 7) is 0. The van der Waals surface area contributed by atoms with E-state index in [4.69, 9.17) is 4.74 Å². The van der Waals surface area contributed by atoms with Crippen molar-refractivity contribution >= 4 is 23.7 Å². The third-order valence-corrected chi connectivity index (χ3v) is 2.88. The maximum Gasteiger partial charge on any atom is 0.249 e. The van der Waals surface area contributed by atoms with Crippen molar-refractivity contribution in [1.82, 2.24) is 5.43 Å². The van der Waals surface area contributed by atoms with Crippen LogP contribution in [-0.4, -0.2) is 25.1 Å².